The fourth-order valence-corrected chi connectivity index (χ4v) is 12.6. The van der Waals surface area contributed by atoms with Gasteiger partial charge in [0.25, 0.3) is 0 Å². The summed E-state index contributed by atoms with van der Waals surface area (Å²) in [5, 5.41) is 125. The quantitative estimate of drug-likeness (QED) is 0.00833. The van der Waals surface area contributed by atoms with Gasteiger partial charge in [-0.15, -0.1) is 23.2 Å². The Morgan fingerprint density at radius 2 is 1.04 bits per heavy atom. The fourth-order valence-electron chi connectivity index (χ4n) is 12.6. The molecule has 15 unspecified atom stereocenters. The van der Waals surface area contributed by atoms with Crippen LogP contribution < -0.4 is 56.5 Å². The van der Waals surface area contributed by atoms with Crippen LogP contribution in [0.4, 0.5) is 4.79 Å². The molecule has 6 aliphatic rings. The van der Waals surface area contributed by atoms with Gasteiger partial charge in [0.1, 0.15) is 79.1 Å². The van der Waals surface area contributed by atoms with E-state index in [4.69, 9.17) is 102 Å². The van der Waals surface area contributed by atoms with Crippen LogP contribution in [0.25, 0.3) is 44.5 Å². The van der Waals surface area contributed by atoms with E-state index in [1.165, 1.54) is 99.9 Å². The summed E-state index contributed by atoms with van der Waals surface area (Å²) in [6, 6.07) is 32.2. The van der Waals surface area contributed by atoms with E-state index in [9.17, 15) is 74.4 Å². The largest absolute Gasteiger partial charge is 1.00 e. The monoisotopic (exact) mass is 1760 g/mol. The fraction of sp³-hybridized carbons (Fsp3) is 0.560. The molecule has 37 heteroatoms. The molecule has 2 aliphatic carbocycles. The van der Waals surface area contributed by atoms with Crippen molar-refractivity contribution in [1.82, 2.24) is 15.5 Å². The van der Waals surface area contributed by atoms with E-state index in [2.05, 4.69) is 60.6 Å². The van der Waals surface area contributed by atoms with Crippen molar-refractivity contribution in [2.24, 2.45) is 17.6 Å². The number of ether oxygens (including phenoxy) is 9. The number of halogens is 2. The van der Waals surface area contributed by atoms with Crippen LogP contribution in [-0.4, -0.2) is 287 Å². The van der Waals surface area contributed by atoms with Crippen molar-refractivity contribution in [3.63, 3.8) is 0 Å². The number of nitrogens with one attached hydrogen (secondary N) is 2. The third-order valence-electron chi connectivity index (χ3n) is 19.0. The van der Waals surface area contributed by atoms with Gasteiger partial charge in [-0.05, 0) is 129 Å². The summed E-state index contributed by atoms with van der Waals surface area (Å²) in [6.07, 6.45) is -10.5. The predicted octanol–water partition coefficient (Wildman–Crippen LogP) is 1.93. The van der Waals surface area contributed by atoms with Crippen molar-refractivity contribution < 1.29 is 172 Å². The second-order valence-electron chi connectivity index (χ2n) is 27.1. The van der Waals surface area contributed by atoms with Crippen molar-refractivity contribution in [3.8, 4) is 39.3 Å². The van der Waals surface area contributed by atoms with Crippen LogP contribution in [0.15, 0.2) is 118 Å². The third-order valence-corrected chi connectivity index (χ3v) is 19.0. The van der Waals surface area contributed by atoms with Crippen LogP contribution in [0.3, 0.4) is 0 Å². The second-order valence-corrected chi connectivity index (χ2v) is 27.9. The summed E-state index contributed by atoms with van der Waals surface area (Å²) in [5.41, 5.74) is 12.3. The Morgan fingerprint density at radius 3 is 1.51 bits per heavy atom. The minimum absolute atomic E-state index is 0. The van der Waals surface area contributed by atoms with Gasteiger partial charge in [-0.25, -0.2) is 9.59 Å². The molecule has 0 radical (unpaired) electrons. The number of aliphatic hydroxyl groups is 10. The summed E-state index contributed by atoms with van der Waals surface area (Å²) in [5.74, 6) is -2.28. The second kappa shape index (κ2) is 62.0. The maximum Gasteiger partial charge on any atom is 1.00 e. The number of amides is 2. The Balaban J connectivity index is 0.000000729. The maximum absolute atomic E-state index is 11.8. The first-order chi connectivity index (χ1) is 57.4. The number of fused-ring (bicyclic) bond motifs is 5. The first kappa shape index (κ1) is 112. The smallest absolute Gasteiger partial charge is 0.857 e. The summed E-state index contributed by atoms with van der Waals surface area (Å²) in [6.45, 7) is 21.0. The van der Waals surface area contributed by atoms with Gasteiger partial charge in [-0.3, -0.25) is 24.0 Å². The molecule has 34 nitrogen and oxygen atoms in total. The predicted molar refractivity (Wildman–Crippen MR) is 443 cm³/mol. The van der Waals surface area contributed by atoms with E-state index in [0.29, 0.717) is 92.0 Å². The summed E-state index contributed by atoms with van der Waals surface area (Å²) in [7, 11) is 1.75. The molecule has 16 N–H and O–H groups in total. The van der Waals surface area contributed by atoms with Crippen molar-refractivity contribution in [2.75, 3.05) is 105 Å². The number of aromatic hydroxyl groups is 1. The standard InChI is InChI=1S/C20H12O5.C19H21NO3.C14H22O7.C12H23NO7.C10H21NO6.C6H15N.CH2Cl2.CH4O.CH3O.Na/c21-11-5-7-15-17(9-11)25-18-10-12(22)6-8-16(18)19(15)13-3-1-2-4-14(13)20(23)24;21-12-6-5-11-20-19(22)23-13-18-16-9-3-1-7-14(16)15-8-2-4-10-17(15)18;1-7-8(2)13(19-10(4)16)14(20-11(5)17)21-12(7)6-18-9(3)15;1-7(15)13-4-2-3-5-19-12-11(18)10(17)9(16)8(6-14)20-12;11-3-1-2-4-16-10-9(15)8(14)7(13)6(5-12)17-10;1-4-7(5-2)6-3;2-1-3;2*1-2;/h1-10,21H,(H,23,24);1-4,7-10,18,21H,5-6,11-13H2,(H,20,22);7-8,12-14H,6H2,1-5H3;8-12,14,16-18H,2-6H2,1H3,(H,13,15);6-10,12-15H,1-5,11H2;4-6H2,1-3H3;1H2;2H,1H3;1H3;/q;;;;;;;;-1;+1. The van der Waals surface area contributed by atoms with Crippen LogP contribution in [0, 0.1) is 11.8 Å². The Hall–Kier alpha value is -7.15. The number of esters is 3. The molecule has 3 saturated heterocycles. The van der Waals surface area contributed by atoms with Crippen LogP contribution in [0.2, 0.25) is 0 Å². The number of aliphatic hydroxyl groups excluding tert-OH is 10. The molecule has 4 heterocycles. The zero-order valence-corrected chi connectivity index (χ0v) is 74.3. The molecular weight excluding hydrogens is 1640 g/mol. The minimum atomic E-state index is -1.43. The Labute approximate surface area is 737 Å². The van der Waals surface area contributed by atoms with Gasteiger partial charge in [0.2, 0.25) is 12.2 Å². The van der Waals surface area contributed by atoms with Crippen LogP contribution in [-0.2, 0) is 61.8 Å². The molecule has 3 fully saturated rings. The molecule has 4 aromatic carbocycles. The Kier molecular flexibility index (Phi) is 57.4. The first-order valence-corrected chi connectivity index (χ1v) is 40.3. The number of hydrogen-bond acceptors (Lipinski definition) is 31. The van der Waals surface area contributed by atoms with E-state index in [0.717, 1.165) is 27.1 Å². The SMILES string of the molecule is CC(=O)NCCCCOC1OC(CO)C(O)C(O)C1O.CC(=O)OCC1OC(OC(C)=O)C(OC(C)=O)C(C)C1C.CCN(CC)CC.CO.C[O-].ClCCl.NCCCCOC1OC(CO)C(O)C(O)C1O.O=C(NCCCCO)OCC1c2ccccc2-c2ccccc21.O=C(O)c1ccccc1-c1c2ccc(=O)cc-2oc2cc(O)ccc12.[Na+]. The van der Waals surface area contributed by atoms with Gasteiger partial charge >= 0.3 is 59.5 Å². The van der Waals surface area contributed by atoms with E-state index < -0.39 is 123 Å². The average molecular weight is 1760 g/mol. The topological polar surface area (TPSA) is 535 Å². The number of rotatable bonds is 28. The number of alkyl halides is 2. The van der Waals surface area contributed by atoms with Crippen LogP contribution in [0.5, 0.6) is 5.75 Å². The molecular formula is C84H123Cl2N4NaO30. The molecule has 121 heavy (non-hydrogen) atoms. The molecule has 0 spiro atoms. The summed E-state index contributed by atoms with van der Waals surface area (Å²) in [4.78, 5) is 81.5. The summed E-state index contributed by atoms with van der Waals surface area (Å²) >= 11 is 9.53. The van der Waals surface area contributed by atoms with Gasteiger partial charge in [0.15, 0.2) is 24.1 Å². The molecule has 674 valence electrons. The normalized spacial score (nSPS) is 22.1. The number of nitrogens with two attached hydrogens (primary N) is 1. The number of carboxylic acids is 1. The average Bonchev–Trinajstić information content (AvgIpc) is 1.76. The molecule has 0 aromatic heterocycles. The minimum Gasteiger partial charge on any atom is -0.857 e. The molecule has 4 aromatic rings. The number of aromatic carboxylic acids is 1. The van der Waals surface area contributed by atoms with Gasteiger partial charge in [-0.2, -0.15) is 7.11 Å². The molecule has 0 bridgehead atoms. The number of alkyl carbamates (subject to hydrolysis) is 1. The van der Waals surface area contributed by atoms with Crippen molar-refractivity contribution in [1.29, 1.82) is 0 Å². The van der Waals surface area contributed by atoms with Crippen LogP contribution in [0.1, 0.15) is 128 Å². The van der Waals surface area contributed by atoms with E-state index >= 15 is 0 Å². The van der Waals surface area contributed by atoms with Crippen LogP contribution >= 0.6 is 23.2 Å². The first-order valence-electron chi connectivity index (χ1n) is 39.3. The number of hydrogen-bond donors (Lipinski definition) is 15. The number of benzene rings is 5. The van der Waals surface area contributed by atoms with Gasteiger partial charge < -0.3 is 135 Å². The van der Waals surface area contributed by atoms with Crippen molar-refractivity contribution in [2.45, 2.75) is 187 Å². The van der Waals surface area contributed by atoms with E-state index in [1.54, 1.807) is 30.3 Å². The molecule has 15 atom stereocenters. The van der Waals surface area contributed by atoms with Gasteiger partial charge in [-0.1, -0.05) is 101 Å². The number of carboxylic acid groups (broad SMARTS) is 1. The number of nitrogens with zero attached hydrogens (tertiary/aromatic N) is 1. The van der Waals surface area contributed by atoms with Gasteiger partial charge in [0, 0.05) is 108 Å². The zero-order valence-electron chi connectivity index (χ0n) is 70.8. The zero-order chi connectivity index (χ0) is 90.1. The number of phenolic OH excluding ortho intramolecular Hbond substituents is 1. The number of phenols is 1. The molecule has 2 amide bonds. The summed E-state index contributed by atoms with van der Waals surface area (Å²) < 4.78 is 52.9. The van der Waals surface area contributed by atoms with E-state index in [-0.39, 0.29) is 95.1 Å². The number of unbranched alkanes of at least 4 members (excludes halogenated alkanes) is 3. The Bertz CT molecular complexity index is 3910. The van der Waals surface area contributed by atoms with Gasteiger partial charge in [0.05, 0.1) is 30.2 Å². The van der Waals surface area contributed by atoms with Crippen molar-refractivity contribution in [3.05, 3.63) is 136 Å². The number of carbonyl (C=O) groups excluding carboxylic acids is 5. The molecule has 4 aliphatic heterocycles. The Morgan fingerprint density at radius 1 is 0.554 bits per heavy atom. The maximum atomic E-state index is 11.8. The third kappa shape index (κ3) is 37.3. The molecule has 0 saturated carbocycles. The number of carbonyl (C=O) groups is 6. The van der Waals surface area contributed by atoms with E-state index in [1.807, 2.05) is 38.1 Å². The van der Waals surface area contributed by atoms with Crippen molar-refractivity contribution >= 4 is 70.0 Å². The molecule has 10 rings (SSSR count).